The summed E-state index contributed by atoms with van der Waals surface area (Å²) < 4.78 is 10.3. The SMILES string of the molecule is CC(C)[C@@H](NC(=O)OC(C)(C)C)c1nnco1. The average molecular weight is 241 g/mol. The number of nitrogens with zero attached hydrogens (tertiary/aromatic N) is 2. The van der Waals surface area contributed by atoms with Gasteiger partial charge in [0.1, 0.15) is 11.6 Å². The summed E-state index contributed by atoms with van der Waals surface area (Å²) in [7, 11) is 0. The molecular formula is C11H19N3O3. The number of hydrogen-bond donors (Lipinski definition) is 1. The van der Waals surface area contributed by atoms with Gasteiger partial charge in [0.05, 0.1) is 0 Å². The third kappa shape index (κ3) is 4.42. The van der Waals surface area contributed by atoms with Crippen LogP contribution in [0.3, 0.4) is 0 Å². The Bertz CT molecular complexity index is 355. The number of carbonyl (C=O) groups excluding carboxylic acids is 1. The van der Waals surface area contributed by atoms with E-state index in [1.807, 2.05) is 34.6 Å². The number of carbonyl (C=O) groups is 1. The van der Waals surface area contributed by atoms with E-state index in [1.54, 1.807) is 0 Å². The van der Waals surface area contributed by atoms with Crippen LogP contribution in [-0.4, -0.2) is 21.9 Å². The van der Waals surface area contributed by atoms with E-state index in [9.17, 15) is 4.79 Å². The van der Waals surface area contributed by atoms with E-state index in [4.69, 9.17) is 9.15 Å². The summed E-state index contributed by atoms with van der Waals surface area (Å²) in [4.78, 5) is 11.6. The zero-order valence-electron chi connectivity index (χ0n) is 10.9. The molecule has 1 N–H and O–H groups in total. The Morgan fingerprint density at radius 2 is 2.12 bits per heavy atom. The van der Waals surface area contributed by atoms with Crippen molar-refractivity contribution in [2.24, 2.45) is 5.92 Å². The molecule has 0 saturated carbocycles. The molecule has 1 heterocycles. The second-order valence-electron chi connectivity index (χ2n) is 5.14. The van der Waals surface area contributed by atoms with Gasteiger partial charge in [-0.15, -0.1) is 10.2 Å². The monoisotopic (exact) mass is 241 g/mol. The lowest BCUT2D eigenvalue weighted by molar-refractivity contribution is 0.0479. The second-order valence-corrected chi connectivity index (χ2v) is 5.14. The molecule has 1 atom stereocenters. The van der Waals surface area contributed by atoms with Crippen LogP contribution in [0.4, 0.5) is 4.79 Å². The second kappa shape index (κ2) is 5.16. The summed E-state index contributed by atoms with van der Waals surface area (Å²) in [6.45, 7) is 9.33. The van der Waals surface area contributed by atoms with Gasteiger partial charge in [-0.2, -0.15) is 0 Å². The molecule has 96 valence electrons. The van der Waals surface area contributed by atoms with Crippen LogP contribution in [0, 0.1) is 5.92 Å². The third-order valence-corrected chi connectivity index (χ3v) is 1.98. The van der Waals surface area contributed by atoms with Crippen LogP contribution in [0.2, 0.25) is 0 Å². The highest BCUT2D eigenvalue weighted by Gasteiger charge is 2.25. The summed E-state index contributed by atoms with van der Waals surface area (Å²) in [5, 5.41) is 10.1. The predicted molar refractivity (Wildman–Crippen MR) is 61.2 cm³/mol. The Morgan fingerprint density at radius 3 is 2.53 bits per heavy atom. The normalized spacial score (nSPS) is 13.5. The van der Waals surface area contributed by atoms with Crippen molar-refractivity contribution in [3.05, 3.63) is 12.3 Å². The number of alkyl carbamates (subject to hydrolysis) is 1. The Morgan fingerprint density at radius 1 is 1.47 bits per heavy atom. The molecule has 6 heteroatoms. The maximum atomic E-state index is 11.6. The third-order valence-electron chi connectivity index (χ3n) is 1.98. The Hall–Kier alpha value is -1.59. The molecule has 0 aliphatic carbocycles. The maximum absolute atomic E-state index is 11.6. The lowest BCUT2D eigenvalue weighted by Gasteiger charge is -2.23. The zero-order chi connectivity index (χ0) is 13.1. The van der Waals surface area contributed by atoms with Gasteiger partial charge in [-0.1, -0.05) is 13.8 Å². The fraction of sp³-hybridized carbons (Fsp3) is 0.727. The van der Waals surface area contributed by atoms with E-state index in [0.29, 0.717) is 5.89 Å². The van der Waals surface area contributed by atoms with E-state index >= 15 is 0 Å². The lowest BCUT2D eigenvalue weighted by atomic mass is 10.1. The molecule has 6 nitrogen and oxygen atoms in total. The topological polar surface area (TPSA) is 77.2 Å². The minimum absolute atomic E-state index is 0.128. The highest BCUT2D eigenvalue weighted by Crippen LogP contribution is 2.20. The van der Waals surface area contributed by atoms with Crippen LogP contribution in [-0.2, 0) is 4.74 Å². The van der Waals surface area contributed by atoms with Gasteiger partial charge in [-0.3, -0.25) is 0 Å². The van der Waals surface area contributed by atoms with Crippen molar-refractivity contribution in [1.29, 1.82) is 0 Å². The molecule has 0 aromatic carbocycles. The van der Waals surface area contributed by atoms with Crippen LogP contribution in [0.1, 0.15) is 46.6 Å². The van der Waals surface area contributed by atoms with Crippen LogP contribution in [0.25, 0.3) is 0 Å². The highest BCUT2D eigenvalue weighted by molar-refractivity contribution is 5.68. The van der Waals surface area contributed by atoms with Crippen molar-refractivity contribution >= 4 is 6.09 Å². The number of amides is 1. The van der Waals surface area contributed by atoms with Gasteiger partial charge in [0.25, 0.3) is 0 Å². The van der Waals surface area contributed by atoms with Crippen molar-refractivity contribution in [2.45, 2.75) is 46.3 Å². The zero-order valence-corrected chi connectivity index (χ0v) is 10.9. The molecule has 17 heavy (non-hydrogen) atoms. The van der Waals surface area contributed by atoms with E-state index in [-0.39, 0.29) is 12.0 Å². The van der Waals surface area contributed by atoms with Gasteiger partial charge in [-0.25, -0.2) is 4.79 Å². The standard InChI is InChI=1S/C11H19N3O3/c1-7(2)8(9-14-12-6-16-9)13-10(15)17-11(3,4)5/h6-8H,1-5H3,(H,13,15)/t8-/m1/s1. The van der Waals surface area contributed by atoms with Crippen LogP contribution in [0.15, 0.2) is 10.8 Å². The van der Waals surface area contributed by atoms with Gasteiger partial charge in [-0.05, 0) is 26.7 Å². The van der Waals surface area contributed by atoms with Gasteiger partial charge >= 0.3 is 6.09 Å². The van der Waals surface area contributed by atoms with Gasteiger partial charge in [0.2, 0.25) is 12.3 Å². The van der Waals surface area contributed by atoms with E-state index < -0.39 is 11.7 Å². The van der Waals surface area contributed by atoms with Gasteiger partial charge < -0.3 is 14.5 Å². The van der Waals surface area contributed by atoms with E-state index in [2.05, 4.69) is 15.5 Å². The van der Waals surface area contributed by atoms with E-state index in [1.165, 1.54) is 6.39 Å². The first-order valence-corrected chi connectivity index (χ1v) is 5.55. The minimum Gasteiger partial charge on any atom is -0.444 e. The molecule has 0 spiro atoms. The van der Waals surface area contributed by atoms with Crippen LogP contribution in [0.5, 0.6) is 0 Å². The maximum Gasteiger partial charge on any atom is 0.408 e. The molecule has 0 saturated heterocycles. The molecule has 0 radical (unpaired) electrons. The molecule has 0 bridgehead atoms. The fourth-order valence-electron chi connectivity index (χ4n) is 1.27. The first-order chi connectivity index (χ1) is 7.79. The van der Waals surface area contributed by atoms with Crippen molar-refractivity contribution in [2.75, 3.05) is 0 Å². The van der Waals surface area contributed by atoms with Crippen molar-refractivity contribution in [3.8, 4) is 0 Å². The molecule has 0 fully saturated rings. The summed E-state index contributed by atoms with van der Waals surface area (Å²) >= 11 is 0. The van der Waals surface area contributed by atoms with Crippen molar-refractivity contribution in [1.82, 2.24) is 15.5 Å². The van der Waals surface area contributed by atoms with Crippen LogP contribution < -0.4 is 5.32 Å². The number of aromatic nitrogens is 2. The number of nitrogens with one attached hydrogen (secondary N) is 1. The largest absolute Gasteiger partial charge is 0.444 e. The number of ether oxygens (including phenoxy) is 1. The smallest absolute Gasteiger partial charge is 0.408 e. The van der Waals surface area contributed by atoms with E-state index in [0.717, 1.165) is 0 Å². The molecule has 1 aromatic rings. The van der Waals surface area contributed by atoms with Crippen molar-refractivity contribution in [3.63, 3.8) is 0 Å². The molecule has 1 amide bonds. The number of hydrogen-bond acceptors (Lipinski definition) is 5. The predicted octanol–water partition coefficient (Wildman–Crippen LogP) is 2.29. The summed E-state index contributed by atoms with van der Waals surface area (Å²) in [6.07, 6.45) is 0.746. The quantitative estimate of drug-likeness (QED) is 0.878. The van der Waals surface area contributed by atoms with Crippen LogP contribution >= 0.6 is 0 Å². The Balaban J connectivity index is 2.66. The molecule has 1 aromatic heterocycles. The Labute approximate surface area is 101 Å². The highest BCUT2D eigenvalue weighted by atomic mass is 16.6. The van der Waals surface area contributed by atoms with Gasteiger partial charge in [0.15, 0.2) is 0 Å². The van der Waals surface area contributed by atoms with Crippen molar-refractivity contribution < 1.29 is 13.9 Å². The summed E-state index contributed by atoms with van der Waals surface area (Å²) in [5.74, 6) is 0.508. The first kappa shape index (κ1) is 13.5. The minimum atomic E-state index is -0.527. The molecule has 0 aliphatic rings. The lowest BCUT2D eigenvalue weighted by Crippen LogP contribution is -2.37. The summed E-state index contributed by atoms with van der Waals surface area (Å²) in [5.41, 5.74) is -0.527. The molecule has 0 unspecified atom stereocenters. The molecule has 0 aliphatic heterocycles. The average Bonchev–Trinajstić information content (AvgIpc) is 2.63. The summed E-state index contributed by atoms with van der Waals surface area (Å²) in [6, 6.07) is -0.340. The Kier molecular flexibility index (Phi) is 4.09. The number of rotatable bonds is 3. The fourth-order valence-corrected chi connectivity index (χ4v) is 1.27. The molecule has 1 rings (SSSR count). The van der Waals surface area contributed by atoms with Gasteiger partial charge in [0, 0.05) is 0 Å². The first-order valence-electron chi connectivity index (χ1n) is 5.55. The molecular weight excluding hydrogens is 222 g/mol.